The zero-order chi connectivity index (χ0) is 20.2. The third kappa shape index (κ3) is 3.92. The number of carbonyl (C=O) groups is 2. The lowest BCUT2D eigenvalue weighted by Gasteiger charge is -2.13. The van der Waals surface area contributed by atoms with Gasteiger partial charge in [-0.2, -0.15) is 4.98 Å². The summed E-state index contributed by atoms with van der Waals surface area (Å²) < 4.78 is 6.93. The second-order valence-electron chi connectivity index (χ2n) is 6.08. The third-order valence-electron chi connectivity index (χ3n) is 4.12. The fourth-order valence-corrected chi connectivity index (χ4v) is 3.49. The molecule has 2 aromatic carbocycles. The molecule has 0 bridgehead atoms. The van der Waals surface area contributed by atoms with Gasteiger partial charge in [-0.05, 0) is 23.6 Å². The number of benzene rings is 2. The number of primary amides is 1. The van der Waals surface area contributed by atoms with Crippen molar-refractivity contribution >= 4 is 23.2 Å². The lowest BCUT2D eigenvalue weighted by atomic mass is 10.1. The fraction of sp³-hybridized carbons (Fsp3) is 0.0476. The summed E-state index contributed by atoms with van der Waals surface area (Å²) in [5, 5.41) is 6.24. The lowest BCUT2D eigenvalue weighted by molar-refractivity contribution is -0.127. The zero-order valence-electron chi connectivity index (χ0n) is 15.1. The van der Waals surface area contributed by atoms with Crippen LogP contribution in [0.4, 0.5) is 0 Å². The first-order valence-electron chi connectivity index (χ1n) is 8.75. The van der Waals surface area contributed by atoms with Gasteiger partial charge in [0.25, 0.3) is 11.7 Å². The van der Waals surface area contributed by atoms with E-state index >= 15 is 0 Å². The molecule has 2 heterocycles. The Kier molecular flexibility index (Phi) is 5.17. The molecule has 0 aliphatic rings. The van der Waals surface area contributed by atoms with Gasteiger partial charge in [0.2, 0.25) is 6.10 Å². The largest absolute Gasteiger partial charge is 0.441 e. The van der Waals surface area contributed by atoms with Crippen LogP contribution in [0, 0.1) is 0 Å². The average molecular weight is 404 g/mol. The Hall–Kier alpha value is -3.78. The molecule has 0 saturated heterocycles. The summed E-state index contributed by atoms with van der Waals surface area (Å²) in [6, 6.07) is 21.7. The van der Waals surface area contributed by atoms with Crippen LogP contribution in [-0.4, -0.2) is 26.6 Å². The van der Waals surface area contributed by atoms with Gasteiger partial charge < -0.3 is 10.5 Å². The first-order chi connectivity index (χ1) is 14.1. The minimum atomic E-state index is -1.22. The van der Waals surface area contributed by atoms with Gasteiger partial charge >= 0.3 is 5.97 Å². The predicted octanol–water partition coefficient (Wildman–Crippen LogP) is 3.38. The quantitative estimate of drug-likeness (QED) is 0.497. The number of para-hydroxylation sites is 1. The number of hydrogen-bond acceptors (Lipinski definition) is 6. The van der Waals surface area contributed by atoms with Gasteiger partial charge in [-0.3, -0.25) is 4.79 Å². The van der Waals surface area contributed by atoms with Crippen LogP contribution in [0.2, 0.25) is 0 Å². The first kappa shape index (κ1) is 18.6. The van der Waals surface area contributed by atoms with E-state index in [1.807, 2.05) is 47.8 Å². The van der Waals surface area contributed by atoms with Crippen molar-refractivity contribution in [2.45, 2.75) is 6.10 Å². The van der Waals surface area contributed by atoms with E-state index in [1.54, 1.807) is 35.0 Å². The van der Waals surface area contributed by atoms with Gasteiger partial charge in [-0.25, -0.2) is 9.48 Å². The Balaban J connectivity index is 1.70. The van der Waals surface area contributed by atoms with Crippen LogP contribution in [0.5, 0.6) is 0 Å². The number of aromatic nitrogens is 3. The molecule has 0 aliphatic carbocycles. The van der Waals surface area contributed by atoms with Crippen molar-refractivity contribution in [3.63, 3.8) is 0 Å². The van der Waals surface area contributed by atoms with Crippen molar-refractivity contribution in [1.29, 1.82) is 0 Å². The van der Waals surface area contributed by atoms with E-state index in [-0.39, 0.29) is 5.82 Å². The molecule has 4 rings (SSSR count). The van der Waals surface area contributed by atoms with E-state index < -0.39 is 18.0 Å². The Morgan fingerprint density at radius 3 is 2.28 bits per heavy atom. The summed E-state index contributed by atoms with van der Waals surface area (Å²) in [6.45, 7) is 0. The molecule has 144 valence electrons. The number of ether oxygens (including phenoxy) is 1. The maximum Gasteiger partial charge on any atom is 0.379 e. The number of rotatable bonds is 6. The van der Waals surface area contributed by atoms with Gasteiger partial charge in [0.1, 0.15) is 0 Å². The molecule has 8 heteroatoms. The SMILES string of the molecule is NC(=O)C(OC(=O)c1nc(-c2cccs2)n(-c2ccccc2)n1)c1ccccc1. The van der Waals surface area contributed by atoms with Crippen LogP contribution in [0.25, 0.3) is 16.4 Å². The van der Waals surface area contributed by atoms with Crippen LogP contribution in [0.1, 0.15) is 22.3 Å². The molecule has 29 heavy (non-hydrogen) atoms. The molecule has 2 N–H and O–H groups in total. The van der Waals surface area contributed by atoms with Crippen LogP contribution in [-0.2, 0) is 9.53 Å². The molecule has 1 unspecified atom stereocenters. The zero-order valence-corrected chi connectivity index (χ0v) is 16.0. The summed E-state index contributed by atoms with van der Waals surface area (Å²) in [7, 11) is 0. The number of nitrogens with two attached hydrogens (primary N) is 1. The summed E-state index contributed by atoms with van der Waals surface area (Å²) in [5.41, 5.74) is 6.67. The van der Waals surface area contributed by atoms with Gasteiger partial charge in [-0.15, -0.1) is 16.4 Å². The van der Waals surface area contributed by atoms with Crippen LogP contribution in [0.3, 0.4) is 0 Å². The standard InChI is InChI=1S/C21H16N4O3S/c22-18(26)17(14-8-3-1-4-9-14)28-21(27)19-23-20(16-12-7-13-29-16)25(24-19)15-10-5-2-6-11-15/h1-13,17H,(H2,22,26). The molecule has 0 saturated carbocycles. The van der Waals surface area contributed by atoms with Crippen molar-refractivity contribution < 1.29 is 14.3 Å². The van der Waals surface area contributed by atoms with E-state index in [2.05, 4.69) is 10.1 Å². The first-order valence-corrected chi connectivity index (χ1v) is 9.63. The van der Waals surface area contributed by atoms with Crippen molar-refractivity contribution in [3.05, 3.63) is 89.6 Å². The third-order valence-corrected chi connectivity index (χ3v) is 4.98. The highest BCUT2D eigenvalue weighted by molar-refractivity contribution is 7.13. The maximum atomic E-state index is 12.7. The molecule has 0 aliphatic heterocycles. The van der Waals surface area contributed by atoms with Crippen LogP contribution >= 0.6 is 11.3 Å². The second kappa shape index (κ2) is 8.07. The molecule has 1 amide bonds. The molecule has 0 radical (unpaired) electrons. The number of esters is 1. The minimum absolute atomic E-state index is 0.153. The van der Waals surface area contributed by atoms with E-state index in [0.29, 0.717) is 11.4 Å². The second-order valence-corrected chi connectivity index (χ2v) is 7.03. The molecule has 0 fully saturated rings. The van der Waals surface area contributed by atoms with Gasteiger partial charge in [0.15, 0.2) is 5.82 Å². The van der Waals surface area contributed by atoms with Crippen LogP contribution < -0.4 is 5.73 Å². The monoisotopic (exact) mass is 404 g/mol. The highest BCUT2D eigenvalue weighted by atomic mass is 32.1. The van der Waals surface area contributed by atoms with Crippen molar-refractivity contribution in [1.82, 2.24) is 14.8 Å². The Labute approximate surface area is 170 Å². The van der Waals surface area contributed by atoms with Crippen molar-refractivity contribution in [2.24, 2.45) is 5.73 Å². The highest BCUT2D eigenvalue weighted by Gasteiger charge is 2.27. The molecular formula is C21H16N4O3S. The topological polar surface area (TPSA) is 100 Å². The summed E-state index contributed by atoms with van der Waals surface area (Å²) in [6.07, 6.45) is -1.22. The number of nitrogens with zero attached hydrogens (tertiary/aromatic N) is 3. The normalized spacial score (nSPS) is 11.7. The van der Waals surface area contributed by atoms with E-state index in [4.69, 9.17) is 10.5 Å². The predicted molar refractivity (Wildman–Crippen MR) is 108 cm³/mol. The number of carbonyl (C=O) groups excluding carboxylic acids is 2. The Bertz CT molecular complexity index is 1130. The molecular weight excluding hydrogens is 388 g/mol. The molecule has 1 atom stereocenters. The molecule has 7 nitrogen and oxygen atoms in total. The van der Waals surface area contributed by atoms with E-state index in [9.17, 15) is 9.59 Å². The Morgan fingerprint density at radius 2 is 1.66 bits per heavy atom. The fourth-order valence-electron chi connectivity index (χ4n) is 2.79. The Morgan fingerprint density at radius 1 is 0.966 bits per heavy atom. The van der Waals surface area contributed by atoms with Crippen molar-refractivity contribution in [3.8, 4) is 16.4 Å². The molecule has 4 aromatic rings. The summed E-state index contributed by atoms with van der Waals surface area (Å²) >= 11 is 1.48. The van der Waals surface area contributed by atoms with Gasteiger partial charge in [0, 0.05) is 5.56 Å². The lowest BCUT2D eigenvalue weighted by Crippen LogP contribution is -2.26. The average Bonchev–Trinajstić information content (AvgIpc) is 3.42. The smallest absolute Gasteiger partial charge is 0.379 e. The molecule has 2 aromatic heterocycles. The summed E-state index contributed by atoms with van der Waals surface area (Å²) in [4.78, 5) is 29.8. The maximum absolute atomic E-state index is 12.7. The summed E-state index contributed by atoms with van der Waals surface area (Å²) in [5.74, 6) is -1.25. The van der Waals surface area contributed by atoms with Crippen molar-refractivity contribution in [2.75, 3.05) is 0 Å². The van der Waals surface area contributed by atoms with E-state index in [1.165, 1.54) is 11.3 Å². The number of thiophene rings is 1. The van der Waals surface area contributed by atoms with E-state index in [0.717, 1.165) is 10.6 Å². The van der Waals surface area contributed by atoms with Crippen LogP contribution in [0.15, 0.2) is 78.2 Å². The number of hydrogen-bond donors (Lipinski definition) is 1. The van der Waals surface area contributed by atoms with Gasteiger partial charge in [-0.1, -0.05) is 54.6 Å². The number of amides is 1. The minimum Gasteiger partial charge on any atom is -0.441 e. The highest BCUT2D eigenvalue weighted by Crippen LogP contribution is 2.26. The molecule has 0 spiro atoms. The van der Waals surface area contributed by atoms with Gasteiger partial charge in [0.05, 0.1) is 10.6 Å².